The summed E-state index contributed by atoms with van der Waals surface area (Å²) >= 11 is 5.64. The lowest BCUT2D eigenvalue weighted by molar-refractivity contribution is 0.466. The van der Waals surface area contributed by atoms with Gasteiger partial charge in [-0.2, -0.15) is 5.10 Å². The number of aromatic nitrogens is 2. The van der Waals surface area contributed by atoms with E-state index in [1.54, 1.807) is 12.1 Å². The number of hydrazone groups is 1. The summed E-state index contributed by atoms with van der Waals surface area (Å²) in [4.78, 5) is 0. The standard InChI is InChI=1S/C11H11ClN4/c12-10-4-5-11(16-14-10)15-13-9-6-7-2-1-3-8(7)9/h1-2,4-5,7-8H,3,6H2,(H,15,16)/b13-9-/t7-,8-/m0/s1. The monoisotopic (exact) mass is 234 g/mol. The van der Waals surface area contributed by atoms with Crippen molar-refractivity contribution in [3.8, 4) is 0 Å². The van der Waals surface area contributed by atoms with E-state index in [1.165, 1.54) is 5.71 Å². The van der Waals surface area contributed by atoms with Crippen molar-refractivity contribution >= 4 is 23.1 Å². The van der Waals surface area contributed by atoms with Crippen molar-refractivity contribution in [1.82, 2.24) is 10.2 Å². The smallest absolute Gasteiger partial charge is 0.168 e. The Bertz CT molecular complexity index is 452. The third-order valence-corrected chi connectivity index (χ3v) is 3.31. The van der Waals surface area contributed by atoms with Gasteiger partial charge in [-0.3, -0.25) is 5.43 Å². The van der Waals surface area contributed by atoms with Gasteiger partial charge in [0.2, 0.25) is 0 Å². The van der Waals surface area contributed by atoms with Gasteiger partial charge in [0, 0.05) is 11.6 Å². The average molecular weight is 235 g/mol. The Balaban J connectivity index is 1.64. The predicted octanol–water partition coefficient (Wildman–Crippen LogP) is 2.49. The van der Waals surface area contributed by atoms with Crippen molar-refractivity contribution < 1.29 is 0 Å². The number of nitrogens with one attached hydrogen (secondary N) is 1. The lowest BCUT2D eigenvalue weighted by Crippen LogP contribution is -2.33. The molecule has 0 saturated heterocycles. The highest BCUT2D eigenvalue weighted by molar-refractivity contribution is 6.29. The molecule has 2 aliphatic carbocycles. The molecule has 0 unspecified atom stereocenters. The summed E-state index contributed by atoms with van der Waals surface area (Å²) in [5, 5.41) is 12.4. The second-order valence-electron chi connectivity index (χ2n) is 4.09. The van der Waals surface area contributed by atoms with Gasteiger partial charge in [0.1, 0.15) is 0 Å². The van der Waals surface area contributed by atoms with Crippen molar-refractivity contribution in [1.29, 1.82) is 0 Å². The van der Waals surface area contributed by atoms with Gasteiger partial charge in [-0.1, -0.05) is 23.8 Å². The normalized spacial score (nSPS) is 28.9. The summed E-state index contributed by atoms with van der Waals surface area (Å²) in [6.45, 7) is 0. The SMILES string of the molecule is Clc1ccc(N/N=C2/C[C@@H]3C=CC[C@H]23)nn1. The van der Waals surface area contributed by atoms with Gasteiger partial charge in [0.05, 0.1) is 0 Å². The minimum atomic E-state index is 0.391. The lowest BCUT2D eigenvalue weighted by atomic mass is 9.74. The average Bonchev–Trinajstić information content (AvgIpc) is 2.63. The van der Waals surface area contributed by atoms with E-state index in [2.05, 4.69) is 32.9 Å². The number of rotatable bonds is 2. The van der Waals surface area contributed by atoms with Gasteiger partial charge in [-0.05, 0) is 30.9 Å². The molecule has 1 saturated carbocycles. The Morgan fingerprint density at radius 2 is 2.31 bits per heavy atom. The third kappa shape index (κ3) is 1.69. The van der Waals surface area contributed by atoms with Gasteiger partial charge in [-0.25, -0.2) is 0 Å². The fraction of sp³-hybridized carbons (Fsp3) is 0.364. The van der Waals surface area contributed by atoms with Crippen molar-refractivity contribution in [2.24, 2.45) is 16.9 Å². The van der Waals surface area contributed by atoms with Crippen LogP contribution in [0.15, 0.2) is 29.4 Å². The highest BCUT2D eigenvalue weighted by Gasteiger charge is 2.37. The molecule has 0 aliphatic heterocycles. The fourth-order valence-corrected chi connectivity index (χ4v) is 2.27. The van der Waals surface area contributed by atoms with E-state index >= 15 is 0 Å². The van der Waals surface area contributed by atoms with Crippen molar-refractivity contribution in [3.63, 3.8) is 0 Å². The number of fused-ring (bicyclic) bond motifs is 1. The number of allylic oxidation sites excluding steroid dienone is 2. The van der Waals surface area contributed by atoms with E-state index in [0.717, 1.165) is 18.8 Å². The lowest BCUT2D eigenvalue weighted by Gasteiger charge is -2.31. The molecule has 2 atom stereocenters. The molecule has 16 heavy (non-hydrogen) atoms. The maximum Gasteiger partial charge on any atom is 0.168 e. The van der Waals surface area contributed by atoms with Gasteiger partial charge in [0.25, 0.3) is 0 Å². The Kier molecular flexibility index (Phi) is 2.36. The second-order valence-corrected chi connectivity index (χ2v) is 4.48. The topological polar surface area (TPSA) is 50.2 Å². The maximum atomic E-state index is 5.64. The molecule has 0 aromatic carbocycles. The van der Waals surface area contributed by atoms with Crippen LogP contribution >= 0.6 is 11.6 Å². The minimum absolute atomic E-state index is 0.391. The molecule has 5 heteroatoms. The van der Waals surface area contributed by atoms with E-state index < -0.39 is 0 Å². The molecule has 0 bridgehead atoms. The Hall–Kier alpha value is -1.42. The van der Waals surface area contributed by atoms with Crippen LogP contribution in [0.1, 0.15) is 12.8 Å². The van der Waals surface area contributed by atoms with E-state index in [-0.39, 0.29) is 0 Å². The first-order valence-electron chi connectivity index (χ1n) is 5.31. The Morgan fingerprint density at radius 1 is 1.38 bits per heavy atom. The highest BCUT2D eigenvalue weighted by Crippen LogP contribution is 2.40. The quantitative estimate of drug-likeness (QED) is 0.632. The molecule has 1 fully saturated rings. The number of halogens is 1. The Labute approximate surface area is 98.4 Å². The highest BCUT2D eigenvalue weighted by atomic mass is 35.5. The number of hydrogen-bond acceptors (Lipinski definition) is 4. The predicted molar refractivity (Wildman–Crippen MR) is 63.5 cm³/mol. The fourth-order valence-electron chi connectivity index (χ4n) is 2.17. The van der Waals surface area contributed by atoms with E-state index in [0.29, 0.717) is 16.9 Å². The zero-order valence-corrected chi connectivity index (χ0v) is 9.35. The number of hydrogen-bond donors (Lipinski definition) is 1. The van der Waals surface area contributed by atoms with Crippen LogP contribution < -0.4 is 5.43 Å². The summed E-state index contributed by atoms with van der Waals surface area (Å²) in [6.07, 6.45) is 6.71. The summed E-state index contributed by atoms with van der Waals surface area (Å²) in [6, 6.07) is 3.46. The molecule has 0 amide bonds. The first-order chi connectivity index (χ1) is 7.83. The zero-order valence-electron chi connectivity index (χ0n) is 8.60. The first kappa shape index (κ1) is 9.78. The summed E-state index contributed by atoms with van der Waals surface area (Å²) in [7, 11) is 0. The molecular formula is C11H11ClN4. The minimum Gasteiger partial charge on any atom is -0.260 e. The van der Waals surface area contributed by atoms with E-state index in [4.69, 9.17) is 11.6 Å². The summed E-state index contributed by atoms with van der Waals surface area (Å²) in [5.74, 6) is 1.97. The molecule has 1 N–H and O–H groups in total. The molecule has 1 aromatic rings. The van der Waals surface area contributed by atoms with Crippen LogP contribution in [0.25, 0.3) is 0 Å². The van der Waals surface area contributed by atoms with Gasteiger partial charge >= 0.3 is 0 Å². The van der Waals surface area contributed by atoms with Crippen LogP contribution in [0, 0.1) is 11.8 Å². The molecule has 1 aromatic heterocycles. The number of nitrogens with zero attached hydrogens (tertiary/aromatic N) is 3. The van der Waals surface area contributed by atoms with Crippen molar-refractivity contribution in [2.75, 3.05) is 5.43 Å². The van der Waals surface area contributed by atoms with Crippen LogP contribution in [0.2, 0.25) is 5.15 Å². The number of anilines is 1. The zero-order chi connectivity index (χ0) is 11.0. The van der Waals surface area contributed by atoms with E-state index in [1.807, 2.05) is 0 Å². The molecule has 0 spiro atoms. The van der Waals surface area contributed by atoms with Crippen molar-refractivity contribution in [3.05, 3.63) is 29.4 Å². The van der Waals surface area contributed by atoms with Crippen LogP contribution in [0.3, 0.4) is 0 Å². The van der Waals surface area contributed by atoms with Crippen LogP contribution in [0.5, 0.6) is 0 Å². The van der Waals surface area contributed by atoms with Gasteiger partial charge in [-0.15, -0.1) is 10.2 Å². The largest absolute Gasteiger partial charge is 0.260 e. The third-order valence-electron chi connectivity index (χ3n) is 3.11. The van der Waals surface area contributed by atoms with Gasteiger partial charge in [0.15, 0.2) is 11.0 Å². The van der Waals surface area contributed by atoms with Crippen LogP contribution in [-0.2, 0) is 0 Å². The van der Waals surface area contributed by atoms with Crippen LogP contribution in [-0.4, -0.2) is 15.9 Å². The summed E-state index contributed by atoms with van der Waals surface area (Å²) in [5.41, 5.74) is 4.14. The molecule has 4 nitrogen and oxygen atoms in total. The van der Waals surface area contributed by atoms with E-state index in [9.17, 15) is 0 Å². The summed E-state index contributed by atoms with van der Waals surface area (Å²) < 4.78 is 0. The molecule has 3 rings (SSSR count). The molecule has 82 valence electrons. The molecule has 0 radical (unpaired) electrons. The van der Waals surface area contributed by atoms with Gasteiger partial charge < -0.3 is 0 Å². The first-order valence-corrected chi connectivity index (χ1v) is 5.69. The molecule has 2 aliphatic rings. The molecule has 1 heterocycles. The van der Waals surface area contributed by atoms with Crippen LogP contribution in [0.4, 0.5) is 5.82 Å². The Morgan fingerprint density at radius 3 is 3.06 bits per heavy atom. The molecular weight excluding hydrogens is 224 g/mol. The maximum absolute atomic E-state index is 5.64. The second kappa shape index (κ2) is 3.87. The van der Waals surface area contributed by atoms with Crippen molar-refractivity contribution in [2.45, 2.75) is 12.8 Å².